The van der Waals surface area contributed by atoms with Crippen molar-refractivity contribution >= 4 is 17.0 Å². The molecule has 2 aromatic heterocycles. The predicted octanol–water partition coefficient (Wildman–Crippen LogP) is 6.29. The van der Waals surface area contributed by atoms with Gasteiger partial charge in [-0.2, -0.15) is 5.26 Å². The summed E-state index contributed by atoms with van der Waals surface area (Å²) in [7, 11) is 1.49. The van der Waals surface area contributed by atoms with Gasteiger partial charge in [0, 0.05) is 25.2 Å². The van der Waals surface area contributed by atoms with Gasteiger partial charge in [0.15, 0.2) is 5.82 Å². The second kappa shape index (κ2) is 12.3. The van der Waals surface area contributed by atoms with E-state index in [1.54, 1.807) is 47.9 Å². The van der Waals surface area contributed by atoms with Crippen LogP contribution in [0.4, 0.5) is 13.2 Å². The van der Waals surface area contributed by atoms with E-state index >= 15 is 8.78 Å². The third kappa shape index (κ3) is 6.34. The molecule has 0 amide bonds. The Bertz CT molecular complexity index is 1870. The van der Waals surface area contributed by atoms with E-state index in [9.17, 15) is 14.3 Å². The minimum Gasteiger partial charge on any atom is -0.478 e. The molecular weight excluding hydrogens is 561 g/mol. The Kier molecular flexibility index (Phi) is 8.41. The molecular formula is C32H25F3N4O4. The minimum atomic E-state index is -1.31. The first kappa shape index (κ1) is 29.3. The van der Waals surface area contributed by atoms with Crippen molar-refractivity contribution < 1.29 is 32.5 Å². The molecule has 218 valence electrons. The zero-order chi connectivity index (χ0) is 30.7. The van der Waals surface area contributed by atoms with Crippen LogP contribution < -0.4 is 4.74 Å². The summed E-state index contributed by atoms with van der Waals surface area (Å²) in [5.41, 5.74) is 1.23. The second-order valence-electron chi connectivity index (χ2n) is 9.87. The van der Waals surface area contributed by atoms with Gasteiger partial charge >= 0.3 is 5.97 Å². The van der Waals surface area contributed by atoms with Crippen LogP contribution in [0, 0.1) is 28.8 Å². The van der Waals surface area contributed by atoms with Gasteiger partial charge in [0.05, 0.1) is 41.1 Å². The molecule has 0 saturated carbocycles. The van der Waals surface area contributed by atoms with Crippen molar-refractivity contribution in [2.45, 2.75) is 32.6 Å². The number of fused-ring (bicyclic) bond motifs is 1. The number of aromatic carboxylic acids is 1. The van der Waals surface area contributed by atoms with Crippen molar-refractivity contribution in [3.63, 3.8) is 0 Å². The molecule has 3 aromatic carbocycles. The Labute approximate surface area is 244 Å². The number of nitrogens with zero attached hydrogens (tertiary/aromatic N) is 4. The quantitative estimate of drug-likeness (QED) is 0.205. The number of carboxylic acid groups (broad SMARTS) is 1. The number of hydrogen-bond acceptors (Lipinski definition) is 6. The zero-order valence-corrected chi connectivity index (χ0v) is 23.1. The molecule has 1 unspecified atom stereocenters. The Morgan fingerprint density at radius 1 is 1.02 bits per heavy atom. The lowest BCUT2D eigenvalue weighted by Crippen LogP contribution is -2.17. The highest BCUT2D eigenvalue weighted by Crippen LogP contribution is 2.29. The molecule has 5 rings (SSSR count). The highest BCUT2D eigenvalue weighted by molar-refractivity contribution is 5.92. The molecule has 0 bridgehead atoms. The molecule has 2 heterocycles. The number of ether oxygens (including phenoxy) is 2. The highest BCUT2D eigenvalue weighted by Gasteiger charge is 2.21. The molecule has 1 atom stereocenters. The monoisotopic (exact) mass is 586 g/mol. The number of aromatic nitrogens is 3. The lowest BCUT2D eigenvalue weighted by molar-refractivity contribution is 0.0696. The fourth-order valence-electron chi connectivity index (χ4n) is 4.59. The topological polar surface area (TPSA) is 110 Å². The molecule has 11 heteroatoms. The summed E-state index contributed by atoms with van der Waals surface area (Å²) in [6.07, 6.45) is -0.564. The van der Waals surface area contributed by atoms with Crippen molar-refractivity contribution in [3.05, 3.63) is 112 Å². The molecule has 0 aliphatic rings. The summed E-state index contributed by atoms with van der Waals surface area (Å²) in [6, 6.07) is 17.8. The average Bonchev–Trinajstić information content (AvgIpc) is 3.34. The van der Waals surface area contributed by atoms with Crippen molar-refractivity contribution in [2.75, 3.05) is 7.11 Å². The molecule has 0 saturated heterocycles. The minimum absolute atomic E-state index is 0.0324. The fourth-order valence-corrected chi connectivity index (χ4v) is 4.59. The molecule has 0 spiro atoms. The van der Waals surface area contributed by atoms with Gasteiger partial charge in [-0.3, -0.25) is 0 Å². The van der Waals surface area contributed by atoms with Crippen LogP contribution in [0.3, 0.4) is 0 Å². The maximum absolute atomic E-state index is 15.4. The first-order chi connectivity index (χ1) is 20.7. The molecule has 1 N–H and O–H groups in total. The van der Waals surface area contributed by atoms with E-state index < -0.39 is 23.4 Å². The van der Waals surface area contributed by atoms with E-state index in [0.717, 1.165) is 23.8 Å². The number of benzene rings is 3. The largest absolute Gasteiger partial charge is 0.478 e. The number of methoxy groups -OCH3 is 1. The van der Waals surface area contributed by atoms with Crippen LogP contribution in [-0.4, -0.2) is 38.8 Å². The van der Waals surface area contributed by atoms with Crippen molar-refractivity contribution in [3.8, 4) is 23.2 Å². The third-order valence-corrected chi connectivity index (χ3v) is 6.93. The average molecular weight is 587 g/mol. The van der Waals surface area contributed by atoms with Gasteiger partial charge in [-0.05, 0) is 60.5 Å². The molecule has 0 aliphatic heterocycles. The van der Waals surface area contributed by atoms with E-state index in [0.29, 0.717) is 5.56 Å². The standard InChI is InChI=1S/C32H25F3N4O4/c1-18(42-2)16-39-28-12-22(32(40)41)11-26(35)31(28)38-29(39)13-21-10-25(34)23(14-24(21)33)27-4-3-5-30(37-27)43-17-20-8-6-19(15-36)7-9-20/h3-12,14,18H,13,16-17H2,1-2H3,(H,40,41). The molecule has 0 fully saturated rings. The molecule has 8 nitrogen and oxygen atoms in total. The van der Waals surface area contributed by atoms with Crippen LogP contribution in [0.15, 0.2) is 66.7 Å². The summed E-state index contributed by atoms with van der Waals surface area (Å²) >= 11 is 0. The van der Waals surface area contributed by atoms with Gasteiger partial charge in [0.2, 0.25) is 5.88 Å². The van der Waals surface area contributed by atoms with E-state index in [1.807, 2.05) is 6.07 Å². The predicted molar refractivity (Wildman–Crippen MR) is 151 cm³/mol. The van der Waals surface area contributed by atoms with Crippen molar-refractivity contribution in [1.82, 2.24) is 14.5 Å². The molecule has 0 radical (unpaired) electrons. The number of rotatable bonds is 10. The maximum Gasteiger partial charge on any atom is 0.335 e. The number of hydrogen-bond donors (Lipinski definition) is 1. The number of carboxylic acids is 1. The Hall–Kier alpha value is -5.21. The molecule has 0 aliphatic carbocycles. The lowest BCUT2D eigenvalue weighted by Gasteiger charge is -2.15. The summed E-state index contributed by atoms with van der Waals surface area (Å²) in [5, 5.41) is 18.3. The zero-order valence-electron chi connectivity index (χ0n) is 23.1. The molecule has 5 aromatic rings. The Balaban J connectivity index is 1.44. The van der Waals surface area contributed by atoms with E-state index in [4.69, 9.17) is 14.7 Å². The third-order valence-electron chi connectivity index (χ3n) is 6.93. The van der Waals surface area contributed by atoms with Crippen LogP contribution in [0.2, 0.25) is 0 Å². The van der Waals surface area contributed by atoms with Crippen LogP contribution in [-0.2, 0) is 24.3 Å². The number of imidazole rings is 1. The highest BCUT2D eigenvalue weighted by atomic mass is 19.1. The van der Waals surface area contributed by atoms with Crippen LogP contribution in [0.1, 0.15) is 39.8 Å². The Morgan fingerprint density at radius 3 is 2.49 bits per heavy atom. The normalized spacial score (nSPS) is 11.8. The number of carbonyl (C=O) groups is 1. The smallest absolute Gasteiger partial charge is 0.335 e. The van der Waals surface area contributed by atoms with E-state index in [2.05, 4.69) is 9.97 Å². The van der Waals surface area contributed by atoms with Crippen LogP contribution in [0.5, 0.6) is 5.88 Å². The first-order valence-corrected chi connectivity index (χ1v) is 13.2. The van der Waals surface area contributed by atoms with Gasteiger partial charge in [-0.1, -0.05) is 18.2 Å². The van der Waals surface area contributed by atoms with Gasteiger partial charge in [0.1, 0.15) is 29.6 Å². The lowest BCUT2D eigenvalue weighted by atomic mass is 10.0. The number of nitriles is 1. The van der Waals surface area contributed by atoms with Gasteiger partial charge in [-0.25, -0.2) is 27.9 Å². The SMILES string of the molecule is COC(C)Cn1c(Cc2cc(F)c(-c3cccc(OCc4ccc(C#N)cc4)n3)cc2F)nc2c(F)cc(C(=O)O)cc21. The van der Waals surface area contributed by atoms with Gasteiger partial charge in [-0.15, -0.1) is 0 Å². The summed E-state index contributed by atoms with van der Waals surface area (Å²) in [4.78, 5) is 20.2. The van der Waals surface area contributed by atoms with Gasteiger partial charge in [0.25, 0.3) is 0 Å². The molecule has 43 heavy (non-hydrogen) atoms. The van der Waals surface area contributed by atoms with E-state index in [1.165, 1.54) is 19.2 Å². The Morgan fingerprint density at radius 2 is 1.79 bits per heavy atom. The number of halogens is 3. The maximum atomic E-state index is 15.4. The summed E-state index contributed by atoms with van der Waals surface area (Å²) in [5.74, 6) is -3.20. The second-order valence-corrected chi connectivity index (χ2v) is 9.87. The van der Waals surface area contributed by atoms with Crippen LogP contribution >= 0.6 is 0 Å². The van der Waals surface area contributed by atoms with Crippen LogP contribution in [0.25, 0.3) is 22.3 Å². The van der Waals surface area contributed by atoms with E-state index in [-0.39, 0.29) is 70.8 Å². The fraction of sp³-hybridized carbons (Fsp3) is 0.188. The summed E-state index contributed by atoms with van der Waals surface area (Å²) in [6.45, 7) is 2.10. The van der Waals surface area contributed by atoms with Crippen molar-refractivity contribution in [1.29, 1.82) is 5.26 Å². The van der Waals surface area contributed by atoms with Gasteiger partial charge < -0.3 is 19.1 Å². The van der Waals surface area contributed by atoms with Crippen molar-refractivity contribution in [2.24, 2.45) is 0 Å². The number of pyridine rings is 1. The summed E-state index contributed by atoms with van der Waals surface area (Å²) < 4.78 is 58.3. The first-order valence-electron chi connectivity index (χ1n) is 13.2.